The van der Waals surface area contributed by atoms with Gasteiger partial charge in [0.25, 0.3) is 5.91 Å². The highest BCUT2D eigenvalue weighted by Gasteiger charge is 2.21. The molecule has 0 fully saturated rings. The van der Waals surface area contributed by atoms with Crippen molar-refractivity contribution in [3.05, 3.63) is 48.0 Å². The highest BCUT2D eigenvalue weighted by atomic mass is 16.6. The minimum atomic E-state index is -0.746. The molecule has 30 heavy (non-hydrogen) atoms. The molecule has 0 aliphatic rings. The summed E-state index contributed by atoms with van der Waals surface area (Å²) in [5, 5.41) is 10.4. The Labute approximate surface area is 175 Å². The summed E-state index contributed by atoms with van der Waals surface area (Å²) in [5.41, 5.74) is 2.23. The van der Waals surface area contributed by atoms with Gasteiger partial charge in [-0.3, -0.25) is 4.79 Å². The molecule has 0 aliphatic heterocycles. The monoisotopic (exact) mass is 411 g/mol. The van der Waals surface area contributed by atoms with Gasteiger partial charge < -0.3 is 19.5 Å². The Hall–Kier alpha value is -3.55. The van der Waals surface area contributed by atoms with Crippen molar-refractivity contribution in [1.29, 1.82) is 0 Å². The van der Waals surface area contributed by atoms with Crippen molar-refractivity contribution in [3.63, 3.8) is 0 Å². The van der Waals surface area contributed by atoms with E-state index in [2.05, 4.69) is 29.5 Å². The first kappa shape index (κ1) is 21.2. The second-order valence-electron chi connectivity index (χ2n) is 7.00. The van der Waals surface area contributed by atoms with Crippen molar-refractivity contribution in [1.82, 2.24) is 10.3 Å². The van der Waals surface area contributed by atoms with E-state index in [1.807, 2.05) is 24.3 Å². The maximum atomic E-state index is 12.6. The standard InChI is InChI=1S/C22H25N3O5/c1-13(2)15-6-9-17(10-7-15)29-14(3)22(26)23-21-20(24-30-25-21)16-8-11-18(27-4)19(12-16)28-5/h6-14H,1-5H3,(H,23,25,26). The molecule has 0 bridgehead atoms. The molecule has 1 N–H and O–H groups in total. The van der Waals surface area contributed by atoms with Crippen molar-refractivity contribution in [2.24, 2.45) is 0 Å². The third kappa shape index (κ3) is 4.71. The number of nitrogens with one attached hydrogen (secondary N) is 1. The number of anilines is 1. The summed E-state index contributed by atoms with van der Waals surface area (Å²) < 4.78 is 21.1. The number of carbonyl (C=O) groups excluding carboxylic acids is 1. The maximum absolute atomic E-state index is 12.6. The molecule has 1 amide bonds. The van der Waals surface area contributed by atoms with Crippen molar-refractivity contribution in [3.8, 4) is 28.5 Å². The van der Waals surface area contributed by atoms with E-state index in [0.717, 1.165) is 0 Å². The molecule has 0 radical (unpaired) electrons. The second kappa shape index (κ2) is 9.30. The fraction of sp³-hybridized carbons (Fsp3) is 0.318. The number of nitrogens with zero attached hydrogens (tertiary/aromatic N) is 2. The molecule has 1 unspecified atom stereocenters. The maximum Gasteiger partial charge on any atom is 0.266 e. The molecule has 0 aliphatic carbocycles. The Kier molecular flexibility index (Phi) is 6.56. The van der Waals surface area contributed by atoms with Gasteiger partial charge in [-0.15, -0.1) is 0 Å². The van der Waals surface area contributed by atoms with Crippen LogP contribution in [-0.2, 0) is 4.79 Å². The Bertz CT molecular complexity index is 998. The summed E-state index contributed by atoms with van der Waals surface area (Å²) in [6, 6.07) is 12.9. The van der Waals surface area contributed by atoms with Crippen LogP contribution in [0.1, 0.15) is 32.3 Å². The lowest BCUT2D eigenvalue weighted by molar-refractivity contribution is -0.122. The lowest BCUT2D eigenvalue weighted by Crippen LogP contribution is -2.30. The van der Waals surface area contributed by atoms with Crippen LogP contribution in [0.2, 0.25) is 0 Å². The van der Waals surface area contributed by atoms with E-state index in [0.29, 0.717) is 34.4 Å². The normalized spacial score (nSPS) is 11.8. The molecule has 0 saturated heterocycles. The lowest BCUT2D eigenvalue weighted by Gasteiger charge is -2.15. The average molecular weight is 411 g/mol. The van der Waals surface area contributed by atoms with Gasteiger partial charge in [-0.25, -0.2) is 4.63 Å². The van der Waals surface area contributed by atoms with Crippen LogP contribution in [0, 0.1) is 0 Å². The van der Waals surface area contributed by atoms with E-state index < -0.39 is 6.10 Å². The number of rotatable bonds is 8. The number of aromatic nitrogens is 2. The molecule has 2 aromatic carbocycles. The van der Waals surface area contributed by atoms with E-state index in [1.54, 1.807) is 32.2 Å². The molecule has 158 valence electrons. The number of benzene rings is 2. The largest absolute Gasteiger partial charge is 0.493 e. The second-order valence-corrected chi connectivity index (χ2v) is 7.00. The molecule has 1 aromatic heterocycles. The zero-order valence-corrected chi connectivity index (χ0v) is 17.6. The first-order valence-corrected chi connectivity index (χ1v) is 9.55. The first-order valence-electron chi connectivity index (χ1n) is 9.55. The summed E-state index contributed by atoms with van der Waals surface area (Å²) in [6.45, 7) is 5.90. The molecular weight excluding hydrogens is 386 g/mol. The van der Waals surface area contributed by atoms with Crippen molar-refractivity contribution in [2.45, 2.75) is 32.8 Å². The third-order valence-electron chi connectivity index (χ3n) is 4.62. The van der Waals surface area contributed by atoms with Gasteiger partial charge in [0.05, 0.1) is 14.2 Å². The predicted octanol–water partition coefficient (Wildman–Crippen LogP) is 4.28. The molecule has 0 saturated carbocycles. The topological polar surface area (TPSA) is 95.7 Å². The molecule has 3 rings (SSSR count). The van der Waals surface area contributed by atoms with E-state index >= 15 is 0 Å². The minimum Gasteiger partial charge on any atom is -0.493 e. The summed E-state index contributed by atoms with van der Waals surface area (Å²) in [6.07, 6.45) is -0.746. The summed E-state index contributed by atoms with van der Waals surface area (Å²) in [4.78, 5) is 12.6. The smallest absolute Gasteiger partial charge is 0.266 e. The van der Waals surface area contributed by atoms with Crippen molar-refractivity contribution >= 4 is 11.7 Å². The van der Waals surface area contributed by atoms with Crippen LogP contribution >= 0.6 is 0 Å². The number of amides is 1. The molecule has 8 heteroatoms. The van der Waals surface area contributed by atoms with E-state index in [9.17, 15) is 4.79 Å². The molecular formula is C22H25N3O5. The van der Waals surface area contributed by atoms with Gasteiger partial charge in [-0.1, -0.05) is 26.0 Å². The van der Waals surface area contributed by atoms with Crippen LogP contribution in [-0.4, -0.2) is 36.5 Å². The van der Waals surface area contributed by atoms with Gasteiger partial charge in [0.1, 0.15) is 5.75 Å². The molecule has 3 aromatic rings. The number of ether oxygens (including phenoxy) is 3. The lowest BCUT2D eigenvalue weighted by atomic mass is 10.0. The fourth-order valence-electron chi connectivity index (χ4n) is 2.85. The van der Waals surface area contributed by atoms with Crippen LogP contribution in [0.4, 0.5) is 5.82 Å². The highest BCUT2D eigenvalue weighted by Crippen LogP contribution is 2.34. The zero-order valence-electron chi connectivity index (χ0n) is 17.6. The summed E-state index contributed by atoms with van der Waals surface area (Å²) in [7, 11) is 3.09. The Morgan fingerprint density at radius 2 is 1.67 bits per heavy atom. The molecule has 8 nitrogen and oxygen atoms in total. The SMILES string of the molecule is COc1ccc(-c2nonc2NC(=O)C(C)Oc2ccc(C(C)C)cc2)cc1OC. The quantitative estimate of drug-likeness (QED) is 0.591. The third-order valence-corrected chi connectivity index (χ3v) is 4.62. The van der Waals surface area contributed by atoms with Gasteiger partial charge >= 0.3 is 0 Å². The highest BCUT2D eigenvalue weighted by molar-refractivity contribution is 5.96. The van der Waals surface area contributed by atoms with Gasteiger partial charge in [0.2, 0.25) is 5.82 Å². The van der Waals surface area contributed by atoms with Crippen molar-refractivity contribution in [2.75, 3.05) is 19.5 Å². The van der Waals surface area contributed by atoms with E-state index in [4.69, 9.17) is 18.8 Å². The zero-order chi connectivity index (χ0) is 21.7. The number of carbonyl (C=O) groups is 1. The molecule has 1 heterocycles. The fourth-order valence-corrected chi connectivity index (χ4v) is 2.85. The number of hydrogen-bond donors (Lipinski definition) is 1. The minimum absolute atomic E-state index is 0.192. The van der Waals surface area contributed by atoms with Crippen LogP contribution in [0.15, 0.2) is 47.1 Å². The Morgan fingerprint density at radius 3 is 2.30 bits per heavy atom. The van der Waals surface area contributed by atoms with Gasteiger partial charge in [-0.05, 0) is 59.1 Å². The predicted molar refractivity (Wildman–Crippen MR) is 112 cm³/mol. The summed E-state index contributed by atoms with van der Waals surface area (Å²) >= 11 is 0. The Morgan fingerprint density at radius 1 is 0.967 bits per heavy atom. The number of hydrogen-bond acceptors (Lipinski definition) is 7. The van der Waals surface area contributed by atoms with Gasteiger partial charge in [0.15, 0.2) is 23.3 Å². The number of methoxy groups -OCH3 is 2. The molecule has 0 spiro atoms. The van der Waals surface area contributed by atoms with Crippen LogP contribution in [0.25, 0.3) is 11.3 Å². The van der Waals surface area contributed by atoms with Crippen molar-refractivity contribution < 1.29 is 23.6 Å². The average Bonchev–Trinajstić information content (AvgIpc) is 3.21. The van der Waals surface area contributed by atoms with Crippen LogP contribution in [0.5, 0.6) is 17.2 Å². The van der Waals surface area contributed by atoms with E-state index in [-0.39, 0.29) is 11.7 Å². The summed E-state index contributed by atoms with van der Waals surface area (Å²) in [5.74, 6) is 1.96. The molecule has 1 atom stereocenters. The van der Waals surface area contributed by atoms with Gasteiger partial charge in [0, 0.05) is 5.56 Å². The Balaban J connectivity index is 1.71. The van der Waals surface area contributed by atoms with Gasteiger partial charge in [-0.2, -0.15) is 0 Å². The van der Waals surface area contributed by atoms with Crippen LogP contribution < -0.4 is 19.5 Å². The first-order chi connectivity index (χ1) is 14.4. The van der Waals surface area contributed by atoms with Crippen LogP contribution in [0.3, 0.4) is 0 Å². The van der Waals surface area contributed by atoms with E-state index in [1.165, 1.54) is 12.7 Å².